The number of hydrogen-bond acceptors (Lipinski definition) is 4. The van der Waals surface area contributed by atoms with Gasteiger partial charge in [0.15, 0.2) is 0 Å². The fraction of sp³-hybridized carbons (Fsp3) is 0. The summed E-state index contributed by atoms with van der Waals surface area (Å²) in [5.74, 6) is 0. The van der Waals surface area contributed by atoms with Crippen LogP contribution in [0.3, 0.4) is 0 Å². The van der Waals surface area contributed by atoms with E-state index in [2.05, 4.69) is 16.0 Å². The zero-order chi connectivity index (χ0) is 12.4. The number of nitrogens with zero attached hydrogens (tertiary/aromatic N) is 2. The second-order valence-corrected chi connectivity index (χ2v) is 4.85. The number of hydrogen-bond donors (Lipinski definition) is 1. The summed E-state index contributed by atoms with van der Waals surface area (Å²) in [5.41, 5.74) is 7.53. The van der Waals surface area contributed by atoms with Crippen molar-refractivity contribution in [1.29, 1.82) is 0 Å². The zero-order valence-corrected chi connectivity index (χ0v) is 10.4. The lowest BCUT2D eigenvalue weighted by Crippen LogP contribution is -1.91. The summed E-state index contributed by atoms with van der Waals surface area (Å²) in [5, 5.41) is 2.83. The van der Waals surface area contributed by atoms with Crippen molar-refractivity contribution in [2.45, 2.75) is 10.1 Å². The molecular weight excluding hydrogens is 242 g/mol. The molecule has 18 heavy (non-hydrogen) atoms. The van der Waals surface area contributed by atoms with Crippen molar-refractivity contribution in [3.8, 4) is 0 Å². The molecule has 1 aromatic carbocycles. The Hall–Kier alpha value is -2.07. The van der Waals surface area contributed by atoms with Crippen LogP contribution in [0.2, 0.25) is 0 Å². The lowest BCUT2D eigenvalue weighted by molar-refractivity contribution is 1.12. The normalized spacial score (nSPS) is 10.7. The summed E-state index contributed by atoms with van der Waals surface area (Å²) in [6.07, 6.45) is 1.74. The second kappa shape index (κ2) is 4.66. The highest BCUT2D eigenvalue weighted by atomic mass is 32.2. The van der Waals surface area contributed by atoms with Crippen LogP contribution in [0.15, 0.2) is 64.8 Å². The second-order valence-electron chi connectivity index (χ2n) is 3.84. The van der Waals surface area contributed by atoms with Crippen LogP contribution < -0.4 is 5.73 Å². The molecule has 0 saturated carbocycles. The predicted octanol–water partition coefficient (Wildman–Crippen LogP) is 3.36. The number of rotatable bonds is 2. The molecule has 3 aromatic rings. The fourth-order valence-electron chi connectivity index (χ4n) is 1.69. The molecule has 0 saturated heterocycles. The van der Waals surface area contributed by atoms with E-state index in [9.17, 15) is 0 Å². The van der Waals surface area contributed by atoms with Crippen molar-refractivity contribution < 1.29 is 0 Å². The van der Waals surface area contributed by atoms with Crippen LogP contribution in [0.1, 0.15) is 0 Å². The summed E-state index contributed by atoms with van der Waals surface area (Å²) in [6, 6.07) is 15.8. The first kappa shape index (κ1) is 11.0. The first-order valence-corrected chi connectivity index (χ1v) is 6.39. The van der Waals surface area contributed by atoms with E-state index in [-0.39, 0.29) is 0 Å². The number of pyridine rings is 2. The van der Waals surface area contributed by atoms with Crippen molar-refractivity contribution in [3.63, 3.8) is 0 Å². The van der Waals surface area contributed by atoms with Crippen molar-refractivity contribution in [3.05, 3.63) is 54.7 Å². The van der Waals surface area contributed by atoms with Crippen LogP contribution in [-0.2, 0) is 0 Å². The third-order valence-electron chi connectivity index (χ3n) is 2.57. The average Bonchev–Trinajstić information content (AvgIpc) is 2.41. The maximum Gasteiger partial charge on any atom is 0.125 e. The van der Waals surface area contributed by atoms with E-state index < -0.39 is 0 Å². The summed E-state index contributed by atoms with van der Waals surface area (Å²) in [7, 11) is 0. The maximum absolute atomic E-state index is 5.87. The predicted molar refractivity (Wildman–Crippen MR) is 74.5 cm³/mol. The Morgan fingerprint density at radius 1 is 0.944 bits per heavy atom. The Bertz CT molecular complexity index is 697. The molecule has 0 aliphatic rings. The summed E-state index contributed by atoms with van der Waals surface area (Å²) < 4.78 is 0. The maximum atomic E-state index is 5.87. The molecule has 0 unspecified atom stereocenters. The van der Waals surface area contributed by atoms with Gasteiger partial charge in [-0.2, -0.15) is 0 Å². The van der Waals surface area contributed by atoms with Crippen LogP contribution in [0.4, 0.5) is 5.69 Å². The van der Waals surface area contributed by atoms with Gasteiger partial charge in [0.25, 0.3) is 0 Å². The lowest BCUT2D eigenvalue weighted by Gasteiger charge is -2.04. The van der Waals surface area contributed by atoms with E-state index in [1.165, 1.54) is 11.8 Å². The molecule has 0 spiro atoms. The van der Waals surface area contributed by atoms with Gasteiger partial charge in [0.1, 0.15) is 10.1 Å². The number of fused-ring (bicyclic) bond motifs is 1. The Kier molecular flexibility index (Phi) is 2.86. The largest absolute Gasteiger partial charge is 0.397 e. The van der Waals surface area contributed by atoms with Gasteiger partial charge in [-0.1, -0.05) is 24.3 Å². The first-order chi connectivity index (χ1) is 8.83. The molecule has 0 fully saturated rings. The molecule has 0 amide bonds. The van der Waals surface area contributed by atoms with Crippen LogP contribution in [0.25, 0.3) is 10.9 Å². The topological polar surface area (TPSA) is 51.8 Å². The summed E-state index contributed by atoms with van der Waals surface area (Å²) in [6.45, 7) is 0. The Morgan fingerprint density at radius 3 is 2.72 bits per heavy atom. The quantitative estimate of drug-likeness (QED) is 0.760. The van der Waals surface area contributed by atoms with Gasteiger partial charge < -0.3 is 5.73 Å². The molecule has 2 heterocycles. The minimum atomic E-state index is 0.678. The van der Waals surface area contributed by atoms with Crippen LogP contribution >= 0.6 is 11.8 Å². The molecule has 0 aliphatic heterocycles. The Labute approximate surface area is 109 Å². The Morgan fingerprint density at radius 2 is 1.83 bits per heavy atom. The molecule has 3 nitrogen and oxygen atoms in total. The van der Waals surface area contributed by atoms with Gasteiger partial charge in [0, 0.05) is 11.6 Å². The molecule has 4 heteroatoms. The van der Waals surface area contributed by atoms with Crippen molar-refractivity contribution >= 4 is 28.4 Å². The van der Waals surface area contributed by atoms with Gasteiger partial charge in [-0.05, 0) is 36.0 Å². The molecule has 0 aliphatic carbocycles. The van der Waals surface area contributed by atoms with Gasteiger partial charge in [-0.25, -0.2) is 9.97 Å². The van der Waals surface area contributed by atoms with Crippen LogP contribution in [-0.4, -0.2) is 9.97 Å². The standard InChI is InChI=1S/C14H11N3S/c15-11-5-3-9-16-14(11)18-13-8-7-10-4-1-2-6-12(10)17-13/h1-9H,15H2. The molecule has 88 valence electrons. The Balaban J connectivity index is 1.98. The highest BCUT2D eigenvalue weighted by molar-refractivity contribution is 7.99. The number of nitrogens with two attached hydrogens (primary N) is 1. The third kappa shape index (κ3) is 2.15. The van der Waals surface area contributed by atoms with E-state index in [4.69, 9.17) is 5.73 Å². The van der Waals surface area contributed by atoms with Crippen molar-refractivity contribution in [1.82, 2.24) is 9.97 Å². The number of nitrogen functional groups attached to an aromatic ring is 1. The molecule has 0 bridgehead atoms. The van der Waals surface area contributed by atoms with Crippen LogP contribution in [0, 0.1) is 0 Å². The first-order valence-electron chi connectivity index (χ1n) is 5.57. The smallest absolute Gasteiger partial charge is 0.125 e. The lowest BCUT2D eigenvalue weighted by atomic mass is 10.2. The monoisotopic (exact) mass is 253 g/mol. The van der Waals surface area contributed by atoms with E-state index in [0.717, 1.165) is 21.0 Å². The zero-order valence-electron chi connectivity index (χ0n) is 9.58. The molecule has 0 radical (unpaired) electrons. The van der Waals surface area contributed by atoms with Crippen molar-refractivity contribution in [2.24, 2.45) is 0 Å². The highest BCUT2D eigenvalue weighted by Crippen LogP contribution is 2.29. The minimum Gasteiger partial charge on any atom is -0.397 e. The van der Waals surface area contributed by atoms with Gasteiger partial charge in [-0.3, -0.25) is 0 Å². The SMILES string of the molecule is Nc1cccnc1Sc1ccc2ccccc2n1. The highest BCUT2D eigenvalue weighted by Gasteiger charge is 2.04. The van der Waals surface area contributed by atoms with E-state index in [0.29, 0.717) is 5.69 Å². The van der Waals surface area contributed by atoms with Gasteiger partial charge in [-0.15, -0.1) is 0 Å². The number of anilines is 1. The third-order valence-corrected chi connectivity index (χ3v) is 3.55. The molecule has 0 atom stereocenters. The fourth-order valence-corrected chi connectivity index (χ4v) is 2.47. The van der Waals surface area contributed by atoms with E-state index in [1.54, 1.807) is 6.20 Å². The van der Waals surface area contributed by atoms with Crippen LogP contribution in [0.5, 0.6) is 0 Å². The van der Waals surface area contributed by atoms with Gasteiger partial charge in [0.2, 0.25) is 0 Å². The summed E-state index contributed by atoms with van der Waals surface area (Å²) >= 11 is 1.48. The molecular formula is C14H11N3S. The molecule has 2 aromatic heterocycles. The minimum absolute atomic E-state index is 0.678. The van der Waals surface area contributed by atoms with Gasteiger partial charge in [0.05, 0.1) is 11.2 Å². The number of para-hydroxylation sites is 1. The molecule has 3 rings (SSSR count). The van der Waals surface area contributed by atoms with Crippen molar-refractivity contribution in [2.75, 3.05) is 5.73 Å². The number of benzene rings is 1. The van der Waals surface area contributed by atoms with Gasteiger partial charge >= 0.3 is 0 Å². The van der Waals surface area contributed by atoms with E-state index in [1.807, 2.05) is 42.5 Å². The van der Waals surface area contributed by atoms with E-state index >= 15 is 0 Å². The molecule has 2 N–H and O–H groups in total. The number of aromatic nitrogens is 2. The average molecular weight is 253 g/mol. The summed E-state index contributed by atoms with van der Waals surface area (Å²) in [4.78, 5) is 8.83.